The Balaban J connectivity index is 1.75. The average molecular weight is 218 g/mol. The molecule has 88 valence electrons. The number of hydrogen-bond acceptors (Lipinski definition) is 2. The molecule has 1 heterocycles. The molecule has 0 amide bonds. The third-order valence-corrected chi connectivity index (χ3v) is 3.77. The van der Waals surface area contributed by atoms with Gasteiger partial charge in [-0.25, -0.2) is 0 Å². The number of pyridine rings is 1. The number of nitrogens with zero attached hydrogens (tertiary/aromatic N) is 1. The Kier molecular flexibility index (Phi) is 3.94. The van der Waals surface area contributed by atoms with Gasteiger partial charge >= 0.3 is 0 Å². The molecule has 0 aromatic carbocycles. The molecular formula is C14H22N2. The van der Waals surface area contributed by atoms with Crippen LogP contribution in [0.15, 0.2) is 24.5 Å². The lowest BCUT2D eigenvalue weighted by molar-refractivity contribution is 0.115. The van der Waals surface area contributed by atoms with E-state index in [1.165, 1.54) is 44.2 Å². The Labute approximate surface area is 98.5 Å². The first-order valence-electron chi connectivity index (χ1n) is 6.44. The molecule has 0 bridgehead atoms. The summed E-state index contributed by atoms with van der Waals surface area (Å²) in [5.74, 6) is 0. The van der Waals surface area contributed by atoms with Gasteiger partial charge in [0.15, 0.2) is 0 Å². The molecule has 1 saturated carbocycles. The molecule has 16 heavy (non-hydrogen) atoms. The third-order valence-electron chi connectivity index (χ3n) is 3.77. The van der Waals surface area contributed by atoms with Gasteiger partial charge in [0.1, 0.15) is 0 Å². The van der Waals surface area contributed by atoms with E-state index >= 15 is 0 Å². The SMILES string of the molecule is CCCC1(CNCc2ccncc2)CCC1. The number of rotatable bonds is 6. The normalized spacial score (nSPS) is 18.1. The van der Waals surface area contributed by atoms with E-state index in [0.29, 0.717) is 5.41 Å². The summed E-state index contributed by atoms with van der Waals surface area (Å²) in [4.78, 5) is 4.03. The van der Waals surface area contributed by atoms with Crippen molar-refractivity contribution in [3.05, 3.63) is 30.1 Å². The molecule has 2 nitrogen and oxygen atoms in total. The summed E-state index contributed by atoms with van der Waals surface area (Å²) in [5, 5.41) is 3.60. The van der Waals surface area contributed by atoms with E-state index in [1.807, 2.05) is 12.4 Å². The molecular weight excluding hydrogens is 196 g/mol. The summed E-state index contributed by atoms with van der Waals surface area (Å²) in [6.45, 7) is 4.46. The molecule has 0 saturated heterocycles. The van der Waals surface area contributed by atoms with Crippen molar-refractivity contribution in [2.24, 2.45) is 5.41 Å². The Hall–Kier alpha value is -0.890. The highest BCUT2D eigenvalue weighted by Crippen LogP contribution is 2.44. The van der Waals surface area contributed by atoms with Crippen LogP contribution in [-0.4, -0.2) is 11.5 Å². The van der Waals surface area contributed by atoms with Crippen LogP contribution in [0.2, 0.25) is 0 Å². The molecule has 2 rings (SSSR count). The zero-order valence-electron chi connectivity index (χ0n) is 10.2. The quantitative estimate of drug-likeness (QED) is 0.793. The average Bonchev–Trinajstić information content (AvgIpc) is 2.27. The van der Waals surface area contributed by atoms with Gasteiger partial charge in [-0.3, -0.25) is 4.98 Å². The van der Waals surface area contributed by atoms with Gasteiger partial charge < -0.3 is 5.32 Å². The number of nitrogens with one attached hydrogen (secondary N) is 1. The lowest BCUT2D eigenvalue weighted by Crippen LogP contribution is -2.39. The van der Waals surface area contributed by atoms with Crippen LogP contribution in [0.3, 0.4) is 0 Å². The van der Waals surface area contributed by atoms with Gasteiger partial charge in [0.25, 0.3) is 0 Å². The van der Waals surface area contributed by atoms with Gasteiger partial charge in [0, 0.05) is 25.5 Å². The molecule has 1 aromatic heterocycles. The fraction of sp³-hybridized carbons (Fsp3) is 0.643. The smallest absolute Gasteiger partial charge is 0.0271 e. The largest absolute Gasteiger partial charge is 0.312 e. The van der Waals surface area contributed by atoms with Crippen LogP contribution >= 0.6 is 0 Å². The van der Waals surface area contributed by atoms with E-state index < -0.39 is 0 Å². The van der Waals surface area contributed by atoms with Crippen LogP contribution in [0.4, 0.5) is 0 Å². The second kappa shape index (κ2) is 5.44. The minimum Gasteiger partial charge on any atom is -0.312 e. The first-order valence-corrected chi connectivity index (χ1v) is 6.44. The first kappa shape index (κ1) is 11.6. The minimum atomic E-state index is 0.627. The van der Waals surface area contributed by atoms with Gasteiger partial charge in [-0.05, 0) is 42.4 Å². The Morgan fingerprint density at radius 1 is 1.31 bits per heavy atom. The van der Waals surface area contributed by atoms with Crippen LogP contribution in [0.25, 0.3) is 0 Å². The predicted octanol–water partition coefficient (Wildman–Crippen LogP) is 3.14. The zero-order valence-corrected chi connectivity index (χ0v) is 10.2. The molecule has 1 aliphatic rings. The summed E-state index contributed by atoms with van der Waals surface area (Å²) in [7, 11) is 0. The maximum absolute atomic E-state index is 4.03. The Bertz CT molecular complexity index is 304. The topological polar surface area (TPSA) is 24.9 Å². The molecule has 1 aliphatic carbocycles. The highest BCUT2D eigenvalue weighted by atomic mass is 14.9. The van der Waals surface area contributed by atoms with Crippen LogP contribution in [0.5, 0.6) is 0 Å². The van der Waals surface area contributed by atoms with Gasteiger partial charge in [-0.2, -0.15) is 0 Å². The van der Waals surface area contributed by atoms with E-state index in [0.717, 1.165) is 6.54 Å². The van der Waals surface area contributed by atoms with Gasteiger partial charge in [0.2, 0.25) is 0 Å². The maximum atomic E-state index is 4.03. The van der Waals surface area contributed by atoms with Gasteiger partial charge in [0.05, 0.1) is 0 Å². The van der Waals surface area contributed by atoms with Crippen LogP contribution in [-0.2, 0) is 6.54 Å². The van der Waals surface area contributed by atoms with E-state index in [1.54, 1.807) is 0 Å². The van der Waals surface area contributed by atoms with Crippen molar-refractivity contribution < 1.29 is 0 Å². The molecule has 1 fully saturated rings. The summed E-state index contributed by atoms with van der Waals surface area (Å²) >= 11 is 0. The lowest BCUT2D eigenvalue weighted by Gasteiger charge is -2.42. The summed E-state index contributed by atoms with van der Waals surface area (Å²) in [6, 6.07) is 4.17. The second-order valence-electron chi connectivity index (χ2n) is 5.06. The monoisotopic (exact) mass is 218 g/mol. The van der Waals surface area contributed by atoms with Crippen molar-refractivity contribution >= 4 is 0 Å². The molecule has 0 radical (unpaired) electrons. The molecule has 0 unspecified atom stereocenters. The Morgan fingerprint density at radius 3 is 2.62 bits per heavy atom. The lowest BCUT2D eigenvalue weighted by atomic mass is 9.66. The summed E-state index contributed by atoms with van der Waals surface area (Å²) < 4.78 is 0. The molecule has 1 aromatic rings. The molecule has 1 N–H and O–H groups in total. The molecule has 0 spiro atoms. The van der Waals surface area contributed by atoms with Crippen molar-refractivity contribution in [3.8, 4) is 0 Å². The zero-order chi connectivity index (χ0) is 11.3. The standard InChI is InChI=1S/C14H22N2/c1-2-6-14(7-3-8-14)12-16-11-13-4-9-15-10-5-13/h4-5,9-10,16H,2-3,6-8,11-12H2,1H3. The Morgan fingerprint density at radius 2 is 2.06 bits per heavy atom. The van der Waals surface area contributed by atoms with E-state index in [2.05, 4.69) is 29.4 Å². The summed E-state index contributed by atoms with van der Waals surface area (Å²) in [6.07, 6.45) is 10.7. The summed E-state index contributed by atoms with van der Waals surface area (Å²) in [5.41, 5.74) is 1.96. The van der Waals surface area contributed by atoms with Crippen molar-refractivity contribution in [2.45, 2.75) is 45.6 Å². The molecule has 0 atom stereocenters. The van der Waals surface area contributed by atoms with E-state index in [4.69, 9.17) is 0 Å². The van der Waals surface area contributed by atoms with Crippen LogP contribution in [0, 0.1) is 5.41 Å². The van der Waals surface area contributed by atoms with E-state index in [-0.39, 0.29) is 0 Å². The second-order valence-corrected chi connectivity index (χ2v) is 5.06. The molecule has 2 heteroatoms. The minimum absolute atomic E-state index is 0.627. The van der Waals surface area contributed by atoms with Crippen molar-refractivity contribution in [1.82, 2.24) is 10.3 Å². The fourth-order valence-corrected chi connectivity index (χ4v) is 2.69. The third kappa shape index (κ3) is 2.82. The van der Waals surface area contributed by atoms with E-state index in [9.17, 15) is 0 Å². The van der Waals surface area contributed by atoms with Crippen molar-refractivity contribution in [3.63, 3.8) is 0 Å². The maximum Gasteiger partial charge on any atom is 0.0271 e. The van der Waals surface area contributed by atoms with Crippen LogP contribution in [0.1, 0.15) is 44.6 Å². The van der Waals surface area contributed by atoms with Crippen molar-refractivity contribution in [1.29, 1.82) is 0 Å². The highest BCUT2D eigenvalue weighted by Gasteiger charge is 2.35. The number of hydrogen-bond donors (Lipinski definition) is 1. The highest BCUT2D eigenvalue weighted by molar-refractivity contribution is 5.09. The predicted molar refractivity (Wildman–Crippen MR) is 67.1 cm³/mol. The van der Waals surface area contributed by atoms with Crippen molar-refractivity contribution in [2.75, 3.05) is 6.54 Å². The number of aromatic nitrogens is 1. The molecule has 0 aliphatic heterocycles. The fourth-order valence-electron chi connectivity index (χ4n) is 2.69. The first-order chi connectivity index (χ1) is 7.85. The van der Waals surface area contributed by atoms with Gasteiger partial charge in [-0.15, -0.1) is 0 Å². The van der Waals surface area contributed by atoms with Gasteiger partial charge in [-0.1, -0.05) is 19.8 Å². The van der Waals surface area contributed by atoms with Crippen LogP contribution < -0.4 is 5.32 Å².